The Hall–Kier alpha value is -3.28. The maximum Gasteiger partial charge on any atom is 0.163 e. The van der Waals surface area contributed by atoms with Crippen LogP contribution in [0.4, 0.5) is 23.0 Å². The summed E-state index contributed by atoms with van der Waals surface area (Å²) in [5, 5.41) is 6.66. The average molecular weight is 348 g/mol. The molecule has 0 saturated carbocycles. The minimum atomic E-state index is 0.563. The Bertz CT molecular complexity index is 923. The van der Waals surface area contributed by atoms with E-state index in [0.29, 0.717) is 19.0 Å². The van der Waals surface area contributed by atoms with E-state index in [2.05, 4.69) is 46.6 Å². The zero-order valence-electron chi connectivity index (χ0n) is 14.7. The molecule has 0 fully saturated rings. The number of fused-ring (bicyclic) bond motifs is 1. The third-order valence-electron chi connectivity index (χ3n) is 4.22. The molecule has 0 saturated heterocycles. The number of ether oxygens (including phenoxy) is 2. The Morgan fingerprint density at radius 3 is 2.27 bits per heavy atom. The molecule has 0 radical (unpaired) electrons. The molecule has 0 aliphatic carbocycles. The number of hydrogen-bond acceptors (Lipinski definition) is 6. The van der Waals surface area contributed by atoms with E-state index in [4.69, 9.17) is 9.47 Å². The van der Waals surface area contributed by atoms with E-state index in [1.807, 2.05) is 30.3 Å². The van der Waals surface area contributed by atoms with Crippen molar-refractivity contribution in [1.29, 1.82) is 0 Å². The normalized spacial score (nSPS) is 12.5. The van der Waals surface area contributed by atoms with Crippen LogP contribution >= 0.6 is 0 Å². The molecule has 1 aliphatic heterocycles. The number of aryl methyl sites for hydroxylation is 2. The third kappa shape index (κ3) is 3.39. The molecule has 6 heteroatoms. The summed E-state index contributed by atoms with van der Waals surface area (Å²) in [7, 11) is 0. The first-order valence-corrected chi connectivity index (χ1v) is 8.51. The lowest BCUT2D eigenvalue weighted by atomic mass is 10.1. The van der Waals surface area contributed by atoms with Crippen molar-refractivity contribution in [2.45, 2.75) is 13.8 Å². The van der Waals surface area contributed by atoms with Crippen molar-refractivity contribution in [1.82, 2.24) is 9.97 Å². The van der Waals surface area contributed by atoms with E-state index in [0.717, 1.165) is 28.7 Å². The van der Waals surface area contributed by atoms with Crippen molar-refractivity contribution >= 4 is 23.0 Å². The highest BCUT2D eigenvalue weighted by atomic mass is 16.6. The van der Waals surface area contributed by atoms with Crippen LogP contribution in [-0.2, 0) is 0 Å². The summed E-state index contributed by atoms with van der Waals surface area (Å²) < 4.78 is 11.2. The highest BCUT2D eigenvalue weighted by Gasteiger charge is 2.12. The SMILES string of the molecule is Cc1cccc(C)c1Nc1cc(Nc2ccc3c(c2)OCCO3)ncn1. The molecule has 132 valence electrons. The molecular weight excluding hydrogens is 328 g/mol. The second-order valence-corrected chi connectivity index (χ2v) is 6.16. The molecule has 26 heavy (non-hydrogen) atoms. The number of benzene rings is 2. The van der Waals surface area contributed by atoms with Crippen molar-refractivity contribution in [3.05, 3.63) is 59.9 Å². The molecule has 1 aliphatic rings. The Labute approximate surface area is 152 Å². The largest absolute Gasteiger partial charge is 0.486 e. The molecule has 0 bridgehead atoms. The lowest BCUT2D eigenvalue weighted by molar-refractivity contribution is 0.171. The van der Waals surface area contributed by atoms with Crippen LogP contribution in [0.3, 0.4) is 0 Å². The van der Waals surface area contributed by atoms with E-state index < -0.39 is 0 Å². The van der Waals surface area contributed by atoms with Crippen LogP contribution in [0.1, 0.15) is 11.1 Å². The fourth-order valence-corrected chi connectivity index (χ4v) is 2.90. The monoisotopic (exact) mass is 348 g/mol. The van der Waals surface area contributed by atoms with E-state index in [1.165, 1.54) is 17.5 Å². The van der Waals surface area contributed by atoms with Crippen LogP contribution in [0.15, 0.2) is 48.8 Å². The lowest BCUT2D eigenvalue weighted by Gasteiger charge is -2.19. The van der Waals surface area contributed by atoms with Crippen LogP contribution in [0, 0.1) is 13.8 Å². The molecule has 4 rings (SSSR count). The second-order valence-electron chi connectivity index (χ2n) is 6.16. The number of anilines is 4. The molecule has 3 aromatic rings. The molecule has 6 nitrogen and oxygen atoms in total. The Balaban J connectivity index is 1.54. The van der Waals surface area contributed by atoms with Crippen molar-refractivity contribution in [2.75, 3.05) is 23.8 Å². The van der Waals surface area contributed by atoms with Crippen molar-refractivity contribution in [3.8, 4) is 11.5 Å². The highest BCUT2D eigenvalue weighted by Crippen LogP contribution is 2.33. The van der Waals surface area contributed by atoms with Crippen molar-refractivity contribution in [2.24, 2.45) is 0 Å². The molecule has 0 amide bonds. The lowest BCUT2D eigenvalue weighted by Crippen LogP contribution is -2.15. The zero-order chi connectivity index (χ0) is 17.9. The predicted octanol–water partition coefficient (Wildman–Crippen LogP) is 4.35. The third-order valence-corrected chi connectivity index (χ3v) is 4.22. The van der Waals surface area contributed by atoms with Gasteiger partial charge in [-0.2, -0.15) is 0 Å². The number of nitrogens with zero attached hydrogens (tertiary/aromatic N) is 2. The Kier molecular flexibility index (Phi) is 4.31. The van der Waals surface area contributed by atoms with Gasteiger partial charge in [-0.15, -0.1) is 0 Å². The number of para-hydroxylation sites is 1. The van der Waals surface area contributed by atoms with Gasteiger partial charge >= 0.3 is 0 Å². The van der Waals surface area contributed by atoms with E-state index >= 15 is 0 Å². The van der Waals surface area contributed by atoms with Gasteiger partial charge in [-0.3, -0.25) is 0 Å². The molecule has 2 N–H and O–H groups in total. The van der Waals surface area contributed by atoms with Gasteiger partial charge in [0.05, 0.1) is 0 Å². The van der Waals surface area contributed by atoms with E-state index in [1.54, 1.807) is 0 Å². The summed E-state index contributed by atoms with van der Waals surface area (Å²) >= 11 is 0. The van der Waals surface area contributed by atoms with Gasteiger partial charge in [-0.1, -0.05) is 18.2 Å². The molecule has 1 aromatic heterocycles. The number of rotatable bonds is 4. The zero-order valence-corrected chi connectivity index (χ0v) is 14.7. The van der Waals surface area contributed by atoms with E-state index in [9.17, 15) is 0 Å². The minimum Gasteiger partial charge on any atom is -0.486 e. The topological polar surface area (TPSA) is 68.3 Å². The van der Waals surface area contributed by atoms with Crippen LogP contribution < -0.4 is 20.1 Å². The average Bonchev–Trinajstić information content (AvgIpc) is 2.65. The summed E-state index contributed by atoms with van der Waals surface area (Å²) in [6.45, 7) is 5.29. The summed E-state index contributed by atoms with van der Waals surface area (Å²) in [4.78, 5) is 8.62. The van der Waals surface area contributed by atoms with Gasteiger partial charge in [0, 0.05) is 23.5 Å². The maximum absolute atomic E-state index is 5.62. The smallest absolute Gasteiger partial charge is 0.163 e. The molecule has 0 unspecified atom stereocenters. The maximum atomic E-state index is 5.62. The van der Waals surface area contributed by atoms with Gasteiger partial charge in [0.2, 0.25) is 0 Å². The number of hydrogen-bond donors (Lipinski definition) is 2. The van der Waals surface area contributed by atoms with Crippen LogP contribution in [-0.4, -0.2) is 23.2 Å². The minimum absolute atomic E-state index is 0.563. The number of nitrogens with one attached hydrogen (secondary N) is 2. The van der Waals surface area contributed by atoms with Gasteiger partial charge in [-0.05, 0) is 37.1 Å². The Morgan fingerprint density at radius 2 is 1.50 bits per heavy atom. The van der Waals surface area contributed by atoms with E-state index in [-0.39, 0.29) is 0 Å². The van der Waals surface area contributed by atoms with Gasteiger partial charge in [-0.25, -0.2) is 9.97 Å². The van der Waals surface area contributed by atoms with Crippen LogP contribution in [0.25, 0.3) is 0 Å². The quantitative estimate of drug-likeness (QED) is 0.730. The van der Waals surface area contributed by atoms with Crippen molar-refractivity contribution in [3.63, 3.8) is 0 Å². The summed E-state index contributed by atoms with van der Waals surface area (Å²) in [6, 6.07) is 13.8. The fourth-order valence-electron chi connectivity index (χ4n) is 2.90. The van der Waals surface area contributed by atoms with Gasteiger partial charge in [0.15, 0.2) is 11.5 Å². The van der Waals surface area contributed by atoms with Crippen LogP contribution in [0.2, 0.25) is 0 Å². The first-order chi connectivity index (χ1) is 12.7. The second kappa shape index (κ2) is 6.92. The molecule has 0 spiro atoms. The first-order valence-electron chi connectivity index (χ1n) is 8.51. The summed E-state index contributed by atoms with van der Waals surface area (Å²) in [5.74, 6) is 2.94. The van der Waals surface area contributed by atoms with Gasteiger partial charge < -0.3 is 20.1 Å². The van der Waals surface area contributed by atoms with Gasteiger partial charge in [0.1, 0.15) is 31.2 Å². The molecule has 2 heterocycles. The summed E-state index contributed by atoms with van der Waals surface area (Å²) in [5.41, 5.74) is 4.29. The Morgan fingerprint density at radius 1 is 0.808 bits per heavy atom. The number of aromatic nitrogens is 2. The standard InChI is InChI=1S/C20H20N4O2/c1-13-4-3-5-14(2)20(13)24-19-11-18(21-12-22-19)23-15-6-7-16-17(10-15)26-9-8-25-16/h3-7,10-12H,8-9H2,1-2H3,(H2,21,22,23,24). The molecule has 0 atom stereocenters. The van der Waals surface area contributed by atoms with Crippen molar-refractivity contribution < 1.29 is 9.47 Å². The van der Waals surface area contributed by atoms with Gasteiger partial charge in [0.25, 0.3) is 0 Å². The summed E-state index contributed by atoms with van der Waals surface area (Å²) in [6.07, 6.45) is 1.54. The molecular formula is C20H20N4O2. The first kappa shape index (κ1) is 16.2. The highest BCUT2D eigenvalue weighted by molar-refractivity contribution is 5.68. The van der Waals surface area contributed by atoms with Crippen LogP contribution in [0.5, 0.6) is 11.5 Å². The predicted molar refractivity (Wildman–Crippen MR) is 102 cm³/mol. The fraction of sp³-hybridized carbons (Fsp3) is 0.200. The molecule has 2 aromatic carbocycles.